The number of alkyl halides is 1. The van der Waals surface area contributed by atoms with E-state index in [9.17, 15) is 14.0 Å². The Bertz CT molecular complexity index is 1340. The van der Waals surface area contributed by atoms with Crippen molar-refractivity contribution in [3.8, 4) is 11.1 Å². The van der Waals surface area contributed by atoms with E-state index in [1.54, 1.807) is 20.2 Å². The number of nitrogens with zero attached hydrogens (tertiary/aromatic N) is 2. The van der Waals surface area contributed by atoms with Gasteiger partial charge in [-0.2, -0.15) is 0 Å². The van der Waals surface area contributed by atoms with Gasteiger partial charge < -0.3 is 10.6 Å². The van der Waals surface area contributed by atoms with E-state index in [1.165, 1.54) is 48.6 Å². The summed E-state index contributed by atoms with van der Waals surface area (Å²) >= 11 is 1.54. The zero-order valence-electron chi connectivity index (χ0n) is 21.0. The lowest BCUT2D eigenvalue weighted by Gasteiger charge is -2.22. The number of hydrogen-bond donors (Lipinski definition) is 2. The fourth-order valence-corrected chi connectivity index (χ4v) is 5.28. The molecule has 2 N–H and O–H groups in total. The highest BCUT2D eigenvalue weighted by molar-refractivity contribution is 7.99. The number of benzene rings is 1. The number of anilines is 2. The summed E-state index contributed by atoms with van der Waals surface area (Å²) < 4.78 is 16.2. The van der Waals surface area contributed by atoms with Gasteiger partial charge in [0.25, 0.3) is 11.5 Å². The lowest BCUT2D eigenvalue weighted by atomic mass is 9.93. The van der Waals surface area contributed by atoms with Crippen molar-refractivity contribution in [2.75, 3.05) is 23.4 Å². The predicted octanol–water partition coefficient (Wildman–Crippen LogP) is 4.80. The van der Waals surface area contributed by atoms with Crippen molar-refractivity contribution in [2.24, 2.45) is 0 Å². The molecule has 0 spiro atoms. The van der Waals surface area contributed by atoms with Crippen LogP contribution in [0.2, 0.25) is 0 Å². The summed E-state index contributed by atoms with van der Waals surface area (Å²) in [5.41, 5.74) is 3.47. The molecule has 1 fully saturated rings. The van der Waals surface area contributed by atoms with Gasteiger partial charge in [0.1, 0.15) is 16.8 Å². The molecule has 0 aliphatic heterocycles. The fraction of sp³-hybridized carbons (Fsp3) is 0.346. The van der Waals surface area contributed by atoms with Crippen molar-refractivity contribution in [3.63, 3.8) is 0 Å². The highest BCUT2D eigenvalue weighted by atomic mass is 32.2. The highest BCUT2D eigenvalue weighted by Crippen LogP contribution is 2.40. The lowest BCUT2D eigenvalue weighted by Crippen LogP contribution is -2.32. The largest absolute Gasteiger partial charge is 0.373 e. The molecule has 2 atom stereocenters. The Kier molecular flexibility index (Phi) is 7.91. The molecule has 1 aromatic carbocycles. The quantitative estimate of drug-likeness (QED) is 0.239. The number of amides is 1. The number of thioether (sulfide) groups is 1. The molecular formula is C26H31BFN4O2PS. The van der Waals surface area contributed by atoms with Crippen molar-refractivity contribution in [1.29, 1.82) is 0 Å². The molecule has 0 bridgehead atoms. The van der Waals surface area contributed by atoms with Gasteiger partial charge in [-0.25, -0.2) is 9.37 Å². The zero-order chi connectivity index (χ0) is 26.0. The third kappa shape index (κ3) is 5.52. The summed E-state index contributed by atoms with van der Waals surface area (Å²) in [7, 11) is 5.01. The van der Waals surface area contributed by atoms with E-state index in [0.717, 1.165) is 21.8 Å². The molecule has 0 saturated heterocycles. The van der Waals surface area contributed by atoms with Gasteiger partial charge in [0.15, 0.2) is 7.85 Å². The monoisotopic (exact) mass is 524 g/mol. The number of nitrogens with one attached hydrogen (secondary N) is 2. The first-order chi connectivity index (χ1) is 17.2. The maximum Gasteiger partial charge on any atom is 0.275 e. The predicted molar refractivity (Wildman–Crippen MR) is 153 cm³/mol. The van der Waals surface area contributed by atoms with Crippen LogP contribution in [-0.2, 0) is 11.9 Å². The van der Waals surface area contributed by atoms with E-state index in [-0.39, 0.29) is 11.3 Å². The van der Waals surface area contributed by atoms with Gasteiger partial charge in [-0.3, -0.25) is 14.2 Å². The molecule has 1 aliphatic rings. The molecule has 36 heavy (non-hydrogen) atoms. The van der Waals surface area contributed by atoms with Crippen molar-refractivity contribution in [3.05, 3.63) is 69.8 Å². The summed E-state index contributed by atoms with van der Waals surface area (Å²) in [4.78, 5) is 31.5. The Balaban J connectivity index is 1.69. The van der Waals surface area contributed by atoms with Crippen LogP contribution in [0.15, 0.2) is 52.3 Å². The first-order valence-corrected chi connectivity index (χ1v) is 13.7. The molecule has 3 aromatic rings. The summed E-state index contributed by atoms with van der Waals surface area (Å²) in [6.45, 7) is 4.13. The van der Waals surface area contributed by atoms with Crippen molar-refractivity contribution >= 4 is 46.3 Å². The van der Waals surface area contributed by atoms with Crippen molar-refractivity contribution in [1.82, 2.24) is 9.55 Å². The van der Waals surface area contributed by atoms with Gasteiger partial charge in [-0.1, -0.05) is 31.2 Å². The fourth-order valence-electron chi connectivity index (χ4n) is 4.27. The molecule has 2 aromatic heterocycles. The molecule has 0 radical (unpaired) electrons. The van der Waals surface area contributed by atoms with Gasteiger partial charge in [0.05, 0.1) is 11.3 Å². The Morgan fingerprint density at radius 1 is 1.25 bits per heavy atom. The third-order valence-electron chi connectivity index (χ3n) is 6.28. The van der Waals surface area contributed by atoms with Gasteiger partial charge in [-0.05, 0) is 54.7 Å². The van der Waals surface area contributed by atoms with Crippen LogP contribution in [0, 0.1) is 0 Å². The average Bonchev–Trinajstić information content (AvgIpc) is 3.69. The summed E-state index contributed by atoms with van der Waals surface area (Å²) in [5, 5.41) is 3.89. The number of carbonyl (C=O) groups is 1. The topological polar surface area (TPSA) is 76.0 Å². The summed E-state index contributed by atoms with van der Waals surface area (Å²) in [5.74, 6) is 1.45. The van der Waals surface area contributed by atoms with E-state index < -0.39 is 16.8 Å². The Labute approximate surface area is 218 Å². The number of aromatic nitrogens is 2. The number of hydrogen-bond acceptors (Lipinski definition) is 5. The normalized spacial score (nSPS) is 14.8. The second-order valence-corrected chi connectivity index (χ2v) is 11.4. The van der Waals surface area contributed by atoms with Crippen LogP contribution in [-0.4, -0.2) is 36.1 Å². The van der Waals surface area contributed by atoms with E-state index in [2.05, 4.69) is 39.9 Å². The molecule has 1 amide bonds. The second-order valence-electron chi connectivity index (χ2n) is 9.05. The van der Waals surface area contributed by atoms with E-state index in [4.69, 9.17) is 0 Å². The Morgan fingerprint density at radius 2 is 1.94 bits per heavy atom. The number of halogens is 1. The molecule has 2 heterocycles. The number of carbonyl (C=O) groups excluding carboxylic acids is 1. The second kappa shape index (κ2) is 10.8. The van der Waals surface area contributed by atoms with Gasteiger partial charge >= 0.3 is 0 Å². The van der Waals surface area contributed by atoms with Gasteiger partial charge in [0.2, 0.25) is 0 Å². The molecule has 6 nitrogen and oxygen atoms in total. The highest BCUT2D eigenvalue weighted by Gasteiger charge is 2.28. The first kappa shape index (κ1) is 26.4. The number of pyridine rings is 2. The van der Waals surface area contributed by atoms with Crippen LogP contribution >= 0.6 is 21.0 Å². The van der Waals surface area contributed by atoms with Crippen LogP contribution in [0.25, 0.3) is 11.1 Å². The minimum atomic E-state index is -1.95. The molecule has 1 aliphatic carbocycles. The molecule has 1 saturated carbocycles. The maximum atomic E-state index is 14.8. The van der Waals surface area contributed by atoms with Crippen molar-refractivity contribution in [2.45, 2.75) is 49.4 Å². The molecule has 4 rings (SSSR count). The Hall–Kier alpha value is -2.64. The zero-order valence-corrected chi connectivity index (χ0v) is 23.0. The standard InChI is InChI=1S/C26H31BFN4O2PS/c1-4-32-23(29-3)20(13-19(25(32)34)26(27,28)35)31-24(33)22-21(36-5-2)12-18(14-30-22)17-10-8-16(9-11-17)15-6-7-15/h8-15,29H,4-7,27,35H2,1-3H3,(H,31,33). The van der Waals surface area contributed by atoms with Gasteiger partial charge in [-0.15, -0.1) is 21.0 Å². The SMILES string of the molecule is BC(F)(P)c1cc(NC(=O)c2ncc(-c3ccc(C4CC4)cc3)cc2SCC)c(NC)n(CC)c1=O. The van der Waals surface area contributed by atoms with Crippen molar-refractivity contribution < 1.29 is 9.18 Å². The van der Waals surface area contributed by atoms with Crippen LogP contribution in [0.3, 0.4) is 0 Å². The summed E-state index contributed by atoms with van der Waals surface area (Å²) in [6, 6.07) is 11.9. The van der Waals surface area contributed by atoms with Crippen LogP contribution in [0.4, 0.5) is 15.9 Å². The Morgan fingerprint density at radius 3 is 2.50 bits per heavy atom. The number of rotatable bonds is 9. The molecular weight excluding hydrogens is 493 g/mol. The minimum absolute atomic E-state index is 0.0511. The average molecular weight is 524 g/mol. The molecule has 188 valence electrons. The minimum Gasteiger partial charge on any atom is -0.373 e. The van der Waals surface area contributed by atoms with E-state index >= 15 is 0 Å². The first-order valence-electron chi connectivity index (χ1n) is 12.2. The molecule has 2 unspecified atom stereocenters. The maximum absolute atomic E-state index is 14.8. The van der Waals surface area contributed by atoms with Gasteiger partial charge in [0, 0.05) is 30.2 Å². The van der Waals surface area contributed by atoms with E-state index in [0.29, 0.717) is 24.0 Å². The van der Waals surface area contributed by atoms with Crippen LogP contribution < -0.4 is 16.2 Å². The third-order valence-corrected chi connectivity index (χ3v) is 7.50. The van der Waals surface area contributed by atoms with Crippen LogP contribution in [0.5, 0.6) is 0 Å². The lowest BCUT2D eigenvalue weighted by molar-refractivity contribution is 0.101. The molecule has 10 heteroatoms. The van der Waals surface area contributed by atoms with Crippen LogP contribution in [0.1, 0.15) is 54.2 Å². The van der Waals surface area contributed by atoms with E-state index in [1.807, 2.05) is 22.2 Å². The smallest absolute Gasteiger partial charge is 0.275 e. The summed E-state index contributed by atoms with van der Waals surface area (Å²) in [6.07, 6.45) is 4.23.